The van der Waals surface area contributed by atoms with Crippen LogP contribution < -0.4 is 0 Å². The fourth-order valence-electron chi connectivity index (χ4n) is 0.619. The molecule has 0 unspecified atom stereocenters. The maximum atomic E-state index is 4.49. The molecular weight excluding hydrogens is 176 g/mol. The van der Waals surface area contributed by atoms with Crippen molar-refractivity contribution in [1.29, 1.82) is 0 Å². The second-order valence-corrected chi connectivity index (χ2v) is 2.05. The second kappa shape index (κ2) is 11.9. The summed E-state index contributed by atoms with van der Waals surface area (Å²) in [6, 6.07) is 0. The van der Waals surface area contributed by atoms with Crippen LogP contribution in [-0.4, -0.2) is 10.3 Å². The Kier molecular flexibility index (Phi) is 13.0. The number of aryl methyl sites for hydroxylation is 1. The van der Waals surface area contributed by atoms with Crippen molar-refractivity contribution in [3.05, 3.63) is 17.5 Å². The standard InChI is InChI=1S/C7H10N2O.2C2H6/c1-3-4-5-7-6(2)8-10-9-7;2*1-2/h4-5H,3H2,1-2H3;2*1-2H3/b5-4-;;. The molecule has 0 aromatic carbocycles. The Morgan fingerprint density at radius 2 is 1.71 bits per heavy atom. The van der Waals surface area contributed by atoms with E-state index >= 15 is 0 Å². The average molecular weight is 198 g/mol. The molecular formula is C11H22N2O. The fourth-order valence-corrected chi connectivity index (χ4v) is 0.619. The molecule has 0 saturated heterocycles. The molecule has 0 aliphatic carbocycles. The van der Waals surface area contributed by atoms with Crippen LogP contribution in [0.4, 0.5) is 0 Å². The van der Waals surface area contributed by atoms with Crippen LogP contribution in [-0.2, 0) is 0 Å². The third-order valence-electron chi connectivity index (χ3n) is 1.20. The molecule has 0 atom stereocenters. The highest BCUT2D eigenvalue weighted by atomic mass is 16.6. The van der Waals surface area contributed by atoms with Crippen molar-refractivity contribution < 1.29 is 4.63 Å². The zero-order valence-corrected chi connectivity index (χ0v) is 10.2. The van der Waals surface area contributed by atoms with E-state index in [2.05, 4.69) is 21.9 Å². The van der Waals surface area contributed by atoms with Crippen LogP contribution in [0.1, 0.15) is 52.4 Å². The summed E-state index contributed by atoms with van der Waals surface area (Å²) < 4.78 is 4.49. The van der Waals surface area contributed by atoms with Crippen LogP contribution >= 0.6 is 0 Å². The quantitative estimate of drug-likeness (QED) is 0.724. The molecule has 3 heteroatoms. The van der Waals surface area contributed by atoms with Gasteiger partial charge in [0.2, 0.25) is 0 Å². The largest absolute Gasteiger partial charge is 0.244 e. The monoisotopic (exact) mass is 198 g/mol. The normalized spacial score (nSPS) is 8.71. The molecule has 0 aliphatic heterocycles. The van der Waals surface area contributed by atoms with E-state index in [9.17, 15) is 0 Å². The van der Waals surface area contributed by atoms with E-state index < -0.39 is 0 Å². The lowest BCUT2D eigenvalue weighted by molar-refractivity contribution is 0.304. The predicted octanol–water partition coefficient (Wildman–Crippen LogP) is 3.85. The summed E-state index contributed by atoms with van der Waals surface area (Å²) in [5, 5.41) is 7.31. The lowest BCUT2D eigenvalue weighted by Gasteiger charge is -1.79. The molecule has 0 aliphatic rings. The van der Waals surface area contributed by atoms with Crippen LogP contribution in [0.15, 0.2) is 10.7 Å². The first-order valence-electron chi connectivity index (χ1n) is 5.30. The van der Waals surface area contributed by atoms with Crippen LogP contribution in [0.5, 0.6) is 0 Å². The van der Waals surface area contributed by atoms with E-state index in [1.54, 1.807) is 0 Å². The van der Waals surface area contributed by atoms with Gasteiger partial charge in [0.05, 0.1) is 0 Å². The lowest BCUT2D eigenvalue weighted by atomic mass is 10.3. The van der Waals surface area contributed by atoms with Gasteiger partial charge >= 0.3 is 0 Å². The maximum Gasteiger partial charge on any atom is 0.130 e. The Balaban J connectivity index is 0. The van der Waals surface area contributed by atoms with Gasteiger partial charge in [0.25, 0.3) is 0 Å². The number of nitrogens with zero attached hydrogens (tertiary/aromatic N) is 2. The van der Waals surface area contributed by atoms with E-state index in [1.807, 2.05) is 46.8 Å². The first kappa shape index (κ1) is 15.4. The lowest BCUT2D eigenvalue weighted by Crippen LogP contribution is -1.74. The van der Waals surface area contributed by atoms with Crippen molar-refractivity contribution in [3.63, 3.8) is 0 Å². The summed E-state index contributed by atoms with van der Waals surface area (Å²) >= 11 is 0. The molecule has 0 fully saturated rings. The van der Waals surface area contributed by atoms with Gasteiger partial charge in [0.15, 0.2) is 0 Å². The van der Waals surface area contributed by atoms with Gasteiger partial charge < -0.3 is 0 Å². The molecule has 0 saturated carbocycles. The highest BCUT2D eigenvalue weighted by molar-refractivity contribution is 5.45. The van der Waals surface area contributed by atoms with Crippen molar-refractivity contribution >= 4 is 6.08 Å². The Morgan fingerprint density at radius 1 is 1.14 bits per heavy atom. The summed E-state index contributed by atoms with van der Waals surface area (Å²) in [4.78, 5) is 0. The molecule has 14 heavy (non-hydrogen) atoms. The first-order chi connectivity index (χ1) is 6.84. The molecule has 3 nitrogen and oxygen atoms in total. The smallest absolute Gasteiger partial charge is 0.130 e. The Hall–Kier alpha value is -1.12. The summed E-state index contributed by atoms with van der Waals surface area (Å²) in [5.74, 6) is 0. The van der Waals surface area contributed by atoms with E-state index in [4.69, 9.17) is 0 Å². The zero-order chi connectivity index (χ0) is 11.4. The number of hydrogen-bond donors (Lipinski definition) is 0. The number of rotatable bonds is 2. The van der Waals surface area contributed by atoms with Crippen molar-refractivity contribution in [1.82, 2.24) is 10.3 Å². The molecule has 0 N–H and O–H groups in total. The number of aromatic nitrogens is 2. The average Bonchev–Trinajstić information content (AvgIpc) is 2.67. The Morgan fingerprint density at radius 3 is 2.07 bits per heavy atom. The topological polar surface area (TPSA) is 38.9 Å². The molecule has 1 aromatic rings. The summed E-state index contributed by atoms with van der Waals surface area (Å²) in [5.41, 5.74) is 1.66. The minimum Gasteiger partial charge on any atom is -0.244 e. The van der Waals surface area contributed by atoms with Crippen molar-refractivity contribution in [2.75, 3.05) is 0 Å². The van der Waals surface area contributed by atoms with Gasteiger partial charge in [-0.25, -0.2) is 4.63 Å². The predicted molar refractivity (Wildman–Crippen MR) is 61.1 cm³/mol. The number of hydrogen-bond acceptors (Lipinski definition) is 3. The second-order valence-electron chi connectivity index (χ2n) is 2.05. The highest BCUT2D eigenvalue weighted by Gasteiger charge is 1.97. The molecule has 1 aromatic heterocycles. The van der Waals surface area contributed by atoms with Crippen molar-refractivity contribution in [2.24, 2.45) is 0 Å². The fraction of sp³-hybridized carbons (Fsp3) is 0.636. The van der Waals surface area contributed by atoms with Crippen LogP contribution in [0.2, 0.25) is 0 Å². The maximum absolute atomic E-state index is 4.49. The zero-order valence-electron chi connectivity index (χ0n) is 10.2. The molecule has 82 valence electrons. The van der Waals surface area contributed by atoms with E-state index in [0.29, 0.717) is 0 Å². The van der Waals surface area contributed by atoms with Gasteiger partial charge in [-0.1, -0.05) is 51.0 Å². The van der Waals surface area contributed by atoms with Crippen LogP contribution in [0, 0.1) is 6.92 Å². The number of allylic oxidation sites excluding steroid dienone is 1. The van der Waals surface area contributed by atoms with E-state index in [1.165, 1.54) is 0 Å². The third kappa shape index (κ3) is 6.40. The minimum absolute atomic E-state index is 0.821. The Bertz CT molecular complexity index is 229. The van der Waals surface area contributed by atoms with Gasteiger partial charge in [0.1, 0.15) is 11.4 Å². The van der Waals surface area contributed by atoms with E-state index in [0.717, 1.165) is 17.8 Å². The van der Waals surface area contributed by atoms with Gasteiger partial charge in [0, 0.05) is 0 Å². The highest BCUT2D eigenvalue weighted by Crippen LogP contribution is 2.02. The molecule has 0 radical (unpaired) electrons. The third-order valence-corrected chi connectivity index (χ3v) is 1.20. The molecule has 0 spiro atoms. The summed E-state index contributed by atoms with van der Waals surface area (Å²) in [6.07, 6.45) is 4.94. The van der Waals surface area contributed by atoms with Crippen LogP contribution in [0.3, 0.4) is 0 Å². The molecule has 1 rings (SSSR count). The van der Waals surface area contributed by atoms with E-state index in [-0.39, 0.29) is 0 Å². The molecule has 1 heterocycles. The summed E-state index contributed by atoms with van der Waals surface area (Å²) in [6.45, 7) is 11.9. The van der Waals surface area contributed by atoms with Gasteiger partial charge in [-0.3, -0.25) is 0 Å². The minimum atomic E-state index is 0.821. The van der Waals surface area contributed by atoms with Gasteiger partial charge in [-0.05, 0) is 19.4 Å². The molecule has 0 bridgehead atoms. The van der Waals surface area contributed by atoms with Crippen LogP contribution in [0.25, 0.3) is 6.08 Å². The summed E-state index contributed by atoms with van der Waals surface area (Å²) in [7, 11) is 0. The van der Waals surface area contributed by atoms with Gasteiger partial charge in [-0.15, -0.1) is 0 Å². The van der Waals surface area contributed by atoms with Crippen molar-refractivity contribution in [3.8, 4) is 0 Å². The van der Waals surface area contributed by atoms with Crippen molar-refractivity contribution in [2.45, 2.75) is 48.0 Å². The Labute approximate surface area is 87.2 Å². The van der Waals surface area contributed by atoms with Gasteiger partial charge in [-0.2, -0.15) is 0 Å². The SMILES string of the molecule is CC.CC.CC/C=C\c1nonc1C. The molecule has 0 amide bonds. The first-order valence-corrected chi connectivity index (χ1v) is 5.30.